The van der Waals surface area contributed by atoms with Crippen LogP contribution < -0.4 is 0 Å². The van der Waals surface area contributed by atoms with Crippen molar-refractivity contribution in [1.82, 2.24) is 9.55 Å². The van der Waals surface area contributed by atoms with Gasteiger partial charge in [-0.3, -0.25) is 4.98 Å². The maximum Gasteiger partial charge on any atom is 0.0541 e. The number of hydrogen-bond acceptors (Lipinski definition) is 1. The molecule has 1 atom stereocenters. The van der Waals surface area contributed by atoms with Crippen molar-refractivity contribution in [1.29, 1.82) is 0 Å². The first kappa shape index (κ1) is 30.6. The van der Waals surface area contributed by atoms with Gasteiger partial charge in [-0.2, -0.15) is 0 Å². The van der Waals surface area contributed by atoms with Crippen LogP contribution in [0.1, 0.15) is 55.0 Å². The number of aromatic nitrogens is 2. The summed E-state index contributed by atoms with van der Waals surface area (Å²) in [5.41, 5.74) is 14.4. The monoisotopic (exact) mass is 632 g/mol. The number of pyridine rings is 1. The maximum atomic E-state index is 4.81. The SMILES string of the molecule is C=C(/C=C1\C(=C)c2ccccc2C1(C)C)CCC(c1ccc(-c2ccc3c(c2)c2ccccc2n3-c2ccccc2)cc1)c1ccccn1. The standard InChI is InChI=1S/C47H40N2/c1-32(30-43-33(2)38-16-8-10-18-42(38)47(43,3)4)21-27-39(44-19-12-13-29-48-44)35-24-22-34(23-25-35)36-26-28-46-41(31-36)40-17-9-11-20-45(40)49(46)37-14-6-5-7-15-37/h5-20,22-26,28-31,39H,1-2,21,27H2,3-4H3/b43-30+. The average molecular weight is 633 g/mol. The predicted octanol–water partition coefficient (Wildman–Crippen LogP) is 12.2. The van der Waals surface area contributed by atoms with Crippen LogP contribution in [0.2, 0.25) is 0 Å². The third-order valence-electron chi connectivity index (χ3n) is 10.4. The van der Waals surface area contributed by atoms with Crippen molar-refractivity contribution < 1.29 is 0 Å². The van der Waals surface area contributed by atoms with Crippen molar-refractivity contribution in [2.75, 3.05) is 0 Å². The number of nitrogens with zero attached hydrogens (tertiary/aromatic N) is 2. The largest absolute Gasteiger partial charge is 0.309 e. The third kappa shape index (κ3) is 5.44. The quantitative estimate of drug-likeness (QED) is 0.163. The summed E-state index contributed by atoms with van der Waals surface area (Å²) in [6.45, 7) is 13.6. The molecule has 0 amide bonds. The van der Waals surface area contributed by atoms with Gasteiger partial charge in [-0.15, -0.1) is 0 Å². The molecule has 0 saturated heterocycles. The molecule has 0 saturated carbocycles. The summed E-state index contributed by atoms with van der Waals surface area (Å²) in [6.07, 6.45) is 5.97. The summed E-state index contributed by atoms with van der Waals surface area (Å²) in [5, 5.41) is 2.52. The van der Waals surface area contributed by atoms with Gasteiger partial charge in [-0.05, 0) is 94.3 Å². The Bertz CT molecular complexity index is 2370. The minimum Gasteiger partial charge on any atom is -0.309 e. The van der Waals surface area contributed by atoms with E-state index >= 15 is 0 Å². The molecule has 0 spiro atoms. The van der Waals surface area contributed by atoms with Crippen molar-refractivity contribution in [3.05, 3.63) is 198 Å². The zero-order valence-corrected chi connectivity index (χ0v) is 28.2. The van der Waals surface area contributed by atoms with Crippen molar-refractivity contribution >= 4 is 27.4 Å². The highest BCUT2D eigenvalue weighted by Gasteiger charge is 2.36. The van der Waals surface area contributed by atoms with Crippen molar-refractivity contribution in [2.24, 2.45) is 0 Å². The summed E-state index contributed by atoms with van der Waals surface area (Å²) in [7, 11) is 0. The van der Waals surface area contributed by atoms with Crippen molar-refractivity contribution in [3.63, 3.8) is 0 Å². The Kier molecular flexibility index (Phi) is 7.73. The molecule has 5 aromatic carbocycles. The zero-order valence-electron chi connectivity index (χ0n) is 28.2. The number of hydrogen-bond donors (Lipinski definition) is 0. The Balaban J connectivity index is 1.08. The molecule has 7 aromatic rings. The number of benzene rings is 5. The molecule has 0 aliphatic heterocycles. The highest BCUT2D eigenvalue weighted by atomic mass is 15.0. The number of para-hydroxylation sites is 2. The van der Waals surface area contributed by atoms with E-state index in [2.05, 4.69) is 171 Å². The molecule has 2 nitrogen and oxygen atoms in total. The lowest BCUT2D eigenvalue weighted by atomic mass is 9.81. The number of rotatable bonds is 8. The van der Waals surface area contributed by atoms with Gasteiger partial charge in [0, 0.05) is 39.7 Å². The normalized spacial score (nSPS) is 15.1. The molecule has 49 heavy (non-hydrogen) atoms. The second-order valence-electron chi connectivity index (χ2n) is 13.8. The third-order valence-corrected chi connectivity index (χ3v) is 10.4. The van der Waals surface area contributed by atoms with E-state index < -0.39 is 0 Å². The second kappa shape index (κ2) is 12.4. The van der Waals surface area contributed by atoms with Crippen LogP contribution in [0.15, 0.2) is 176 Å². The first-order chi connectivity index (χ1) is 23.9. The van der Waals surface area contributed by atoms with E-state index in [1.807, 2.05) is 12.3 Å². The van der Waals surface area contributed by atoms with Gasteiger partial charge in [-0.1, -0.05) is 136 Å². The van der Waals surface area contributed by atoms with Gasteiger partial charge in [0.05, 0.1) is 11.0 Å². The Morgan fingerprint density at radius 1 is 0.735 bits per heavy atom. The molecule has 8 rings (SSSR count). The van der Waals surface area contributed by atoms with Gasteiger partial charge in [0.25, 0.3) is 0 Å². The topological polar surface area (TPSA) is 17.8 Å². The zero-order chi connectivity index (χ0) is 33.5. The van der Waals surface area contributed by atoms with Crippen LogP contribution in [0.5, 0.6) is 0 Å². The van der Waals surface area contributed by atoms with Crippen LogP contribution in [0.4, 0.5) is 0 Å². The Morgan fingerprint density at radius 2 is 1.43 bits per heavy atom. The fraction of sp³-hybridized carbons (Fsp3) is 0.128. The summed E-state index contributed by atoms with van der Waals surface area (Å²) >= 11 is 0. The molecule has 0 fully saturated rings. The van der Waals surface area contributed by atoms with Crippen molar-refractivity contribution in [2.45, 2.75) is 38.0 Å². The smallest absolute Gasteiger partial charge is 0.0541 e. The van der Waals surface area contributed by atoms with E-state index in [1.54, 1.807) is 0 Å². The van der Waals surface area contributed by atoms with Gasteiger partial charge < -0.3 is 4.57 Å². The van der Waals surface area contributed by atoms with Gasteiger partial charge in [0.2, 0.25) is 0 Å². The lowest BCUT2D eigenvalue weighted by molar-refractivity contribution is 0.657. The lowest BCUT2D eigenvalue weighted by Gasteiger charge is -2.23. The fourth-order valence-corrected chi connectivity index (χ4v) is 7.82. The predicted molar refractivity (Wildman–Crippen MR) is 207 cm³/mol. The van der Waals surface area contributed by atoms with Crippen LogP contribution >= 0.6 is 0 Å². The van der Waals surface area contributed by atoms with Crippen LogP contribution in [-0.2, 0) is 5.41 Å². The molecule has 2 heterocycles. The van der Waals surface area contributed by atoms with E-state index in [-0.39, 0.29) is 11.3 Å². The summed E-state index contributed by atoms with van der Waals surface area (Å²) in [5.74, 6) is 0.161. The highest BCUT2D eigenvalue weighted by molar-refractivity contribution is 6.10. The number of allylic oxidation sites excluding steroid dienone is 4. The van der Waals surface area contributed by atoms with Gasteiger partial charge >= 0.3 is 0 Å². The van der Waals surface area contributed by atoms with E-state index in [9.17, 15) is 0 Å². The highest BCUT2D eigenvalue weighted by Crippen LogP contribution is 2.49. The first-order valence-electron chi connectivity index (χ1n) is 17.2. The van der Waals surface area contributed by atoms with E-state index in [1.165, 1.54) is 60.9 Å². The molecule has 0 N–H and O–H groups in total. The minimum absolute atomic E-state index is 0.0910. The molecule has 1 aliphatic rings. The summed E-state index contributed by atoms with van der Waals surface area (Å²) in [4.78, 5) is 4.81. The second-order valence-corrected chi connectivity index (χ2v) is 13.8. The van der Waals surface area contributed by atoms with E-state index in [0.29, 0.717) is 0 Å². The minimum atomic E-state index is -0.0910. The molecule has 238 valence electrons. The molecule has 2 aromatic heterocycles. The first-order valence-corrected chi connectivity index (χ1v) is 17.2. The summed E-state index contributed by atoms with van der Waals surface area (Å²) in [6, 6.07) is 50.1. The van der Waals surface area contributed by atoms with Gasteiger partial charge in [-0.25, -0.2) is 0 Å². The molecule has 0 radical (unpaired) electrons. The molecule has 0 bridgehead atoms. The molecule has 1 aliphatic carbocycles. The summed E-state index contributed by atoms with van der Waals surface area (Å²) < 4.78 is 2.36. The lowest BCUT2D eigenvalue weighted by Crippen LogP contribution is -2.15. The van der Waals surface area contributed by atoms with E-state index in [4.69, 9.17) is 4.98 Å². The maximum absolute atomic E-state index is 4.81. The van der Waals surface area contributed by atoms with E-state index in [0.717, 1.165) is 29.7 Å². The van der Waals surface area contributed by atoms with Crippen LogP contribution in [0.3, 0.4) is 0 Å². The van der Waals surface area contributed by atoms with Crippen LogP contribution in [0.25, 0.3) is 44.2 Å². The van der Waals surface area contributed by atoms with Crippen LogP contribution in [0, 0.1) is 0 Å². The Morgan fingerprint density at radius 3 is 2.20 bits per heavy atom. The Hall–Kier alpha value is -5.73. The van der Waals surface area contributed by atoms with Crippen molar-refractivity contribution in [3.8, 4) is 16.8 Å². The Labute approximate surface area is 289 Å². The molecule has 1 unspecified atom stereocenters. The molecular formula is C47H40N2. The average Bonchev–Trinajstić information content (AvgIpc) is 3.57. The fourth-order valence-electron chi connectivity index (χ4n) is 7.82. The van der Waals surface area contributed by atoms with Gasteiger partial charge in [0.1, 0.15) is 0 Å². The van der Waals surface area contributed by atoms with Crippen LogP contribution in [-0.4, -0.2) is 9.55 Å². The molecular weight excluding hydrogens is 593 g/mol. The number of fused-ring (bicyclic) bond motifs is 4. The molecule has 2 heteroatoms. The van der Waals surface area contributed by atoms with Gasteiger partial charge in [0.15, 0.2) is 0 Å².